The minimum Gasteiger partial charge on any atom is -0.311 e. The molecule has 0 aliphatic heterocycles. The fourth-order valence-electron chi connectivity index (χ4n) is 2.15. The normalized spacial score (nSPS) is 12.3. The molecule has 1 aromatic rings. The fraction of sp³-hybridized carbons (Fsp3) is 0.643. The third-order valence-electron chi connectivity index (χ3n) is 3.13. The molecule has 0 unspecified atom stereocenters. The molecule has 2 N–H and O–H groups in total. The lowest BCUT2D eigenvalue weighted by molar-refractivity contribution is 0.382. The van der Waals surface area contributed by atoms with Crippen LogP contribution in [0, 0.1) is 6.92 Å². The van der Waals surface area contributed by atoms with E-state index in [2.05, 4.69) is 29.0 Å². The molecule has 0 spiro atoms. The number of hydrogen-bond donors (Lipinski definition) is 2. The third kappa shape index (κ3) is 4.15. The second-order valence-corrected chi connectivity index (χ2v) is 7.09. The summed E-state index contributed by atoms with van der Waals surface area (Å²) in [6.07, 6.45) is 2.59. The Hall–Kier alpha value is -1.18. The molecule has 0 radical (unpaired) electrons. The molecule has 0 amide bonds. The number of H-pyrrole nitrogens is 1. The van der Waals surface area contributed by atoms with Crippen LogP contribution in [0.4, 0.5) is 0 Å². The van der Waals surface area contributed by atoms with E-state index in [1.807, 2.05) is 13.8 Å². The summed E-state index contributed by atoms with van der Waals surface area (Å²) in [4.78, 5) is 0.279. The number of nitrogens with zero attached hydrogens (tertiary/aromatic N) is 2. The smallest absolute Gasteiger partial charge is 0.247 e. The zero-order valence-electron chi connectivity index (χ0n) is 13.3. The third-order valence-corrected chi connectivity index (χ3v) is 5.38. The average molecular weight is 314 g/mol. The molecule has 0 saturated carbocycles. The number of aryl methyl sites for hydroxylation is 1. The topological polar surface area (TPSA) is 78.1 Å². The molecule has 1 aromatic heterocycles. The maximum atomic E-state index is 12.9. The Bertz CT molecular complexity index is 564. The highest BCUT2D eigenvalue weighted by Crippen LogP contribution is 2.23. The van der Waals surface area contributed by atoms with Crippen LogP contribution >= 0.6 is 0 Å². The van der Waals surface area contributed by atoms with Gasteiger partial charge in [-0.3, -0.25) is 5.10 Å². The minimum absolute atomic E-state index is 0.140. The highest BCUT2D eigenvalue weighted by atomic mass is 32.2. The van der Waals surface area contributed by atoms with Crippen molar-refractivity contribution in [3.05, 3.63) is 24.0 Å². The summed E-state index contributed by atoms with van der Waals surface area (Å²) in [6.45, 7) is 12.7. The van der Waals surface area contributed by atoms with Crippen molar-refractivity contribution in [2.45, 2.75) is 51.6 Å². The van der Waals surface area contributed by atoms with E-state index in [-0.39, 0.29) is 17.5 Å². The van der Waals surface area contributed by atoms with Crippen LogP contribution < -0.4 is 5.32 Å². The maximum absolute atomic E-state index is 12.9. The molecule has 0 saturated heterocycles. The molecule has 1 heterocycles. The molecule has 1 rings (SSSR count). The van der Waals surface area contributed by atoms with Gasteiger partial charge < -0.3 is 5.32 Å². The van der Waals surface area contributed by atoms with Crippen LogP contribution in [0.3, 0.4) is 0 Å². The second kappa shape index (κ2) is 7.72. The van der Waals surface area contributed by atoms with Gasteiger partial charge in [-0.25, -0.2) is 8.42 Å². The van der Waals surface area contributed by atoms with Crippen LogP contribution in [-0.4, -0.2) is 42.1 Å². The van der Waals surface area contributed by atoms with E-state index in [0.29, 0.717) is 17.9 Å². The van der Waals surface area contributed by atoms with Gasteiger partial charge in [0, 0.05) is 19.1 Å². The SMILES string of the molecule is C=CCN(C(C)C)S(=O)(=O)c1c(CNCCC)n[nH]c1C. The lowest BCUT2D eigenvalue weighted by Crippen LogP contribution is -2.37. The van der Waals surface area contributed by atoms with Crippen molar-refractivity contribution in [1.29, 1.82) is 0 Å². The first kappa shape index (κ1) is 17.9. The van der Waals surface area contributed by atoms with Crippen molar-refractivity contribution in [3.8, 4) is 0 Å². The summed E-state index contributed by atoms with van der Waals surface area (Å²) < 4.78 is 27.2. The van der Waals surface area contributed by atoms with Crippen molar-refractivity contribution in [3.63, 3.8) is 0 Å². The van der Waals surface area contributed by atoms with Crippen molar-refractivity contribution in [2.24, 2.45) is 0 Å². The highest BCUT2D eigenvalue weighted by Gasteiger charge is 2.31. The minimum atomic E-state index is -3.59. The predicted octanol–water partition coefficient (Wildman–Crippen LogP) is 1.80. The van der Waals surface area contributed by atoms with E-state index in [1.54, 1.807) is 13.0 Å². The van der Waals surface area contributed by atoms with Crippen molar-refractivity contribution >= 4 is 10.0 Å². The Balaban J connectivity index is 3.17. The number of aromatic amines is 1. The molecule has 7 heteroatoms. The monoisotopic (exact) mass is 314 g/mol. The molecular weight excluding hydrogens is 288 g/mol. The van der Waals surface area contributed by atoms with Crippen LogP contribution in [0.15, 0.2) is 17.6 Å². The van der Waals surface area contributed by atoms with Crippen LogP contribution in [0.25, 0.3) is 0 Å². The molecule has 0 aromatic carbocycles. The van der Waals surface area contributed by atoms with E-state index in [4.69, 9.17) is 0 Å². The molecule has 21 heavy (non-hydrogen) atoms. The number of sulfonamides is 1. The lowest BCUT2D eigenvalue weighted by Gasteiger charge is -2.24. The van der Waals surface area contributed by atoms with Crippen LogP contribution in [-0.2, 0) is 16.6 Å². The largest absolute Gasteiger partial charge is 0.311 e. The number of hydrogen-bond acceptors (Lipinski definition) is 4. The van der Waals surface area contributed by atoms with Gasteiger partial charge in [0.2, 0.25) is 10.0 Å². The van der Waals surface area contributed by atoms with Crippen LogP contribution in [0.5, 0.6) is 0 Å². The first-order valence-corrected chi connectivity index (χ1v) is 8.67. The fourth-order valence-corrected chi connectivity index (χ4v) is 4.09. The molecule has 120 valence electrons. The molecule has 0 atom stereocenters. The number of rotatable bonds is 9. The summed E-state index contributed by atoms with van der Waals surface area (Å²) in [5.74, 6) is 0. The first-order valence-electron chi connectivity index (χ1n) is 7.23. The zero-order chi connectivity index (χ0) is 16.0. The van der Waals surface area contributed by atoms with Gasteiger partial charge in [-0.1, -0.05) is 13.0 Å². The van der Waals surface area contributed by atoms with E-state index in [9.17, 15) is 8.42 Å². The highest BCUT2D eigenvalue weighted by molar-refractivity contribution is 7.89. The summed E-state index contributed by atoms with van der Waals surface area (Å²) in [6, 6.07) is -0.140. The summed E-state index contributed by atoms with van der Waals surface area (Å²) >= 11 is 0. The Morgan fingerprint density at radius 1 is 1.48 bits per heavy atom. The molecule has 6 nitrogen and oxygen atoms in total. The molecular formula is C14H26N4O2S. The van der Waals surface area contributed by atoms with Crippen molar-refractivity contribution in [1.82, 2.24) is 19.8 Å². The Labute approximate surface area is 127 Å². The molecule has 0 fully saturated rings. The van der Waals surface area contributed by atoms with Crippen LogP contribution in [0.1, 0.15) is 38.6 Å². The van der Waals surface area contributed by atoms with Gasteiger partial charge in [0.1, 0.15) is 4.90 Å². The Kier molecular flexibility index (Phi) is 6.57. The summed E-state index contributed by atoms with van der Waals surface area (Å²) in [5.41, 5.74) is 1.11. The van der Waals surface area contributed by atoms with Gasteiger partial charge in [-0.15, -0.1) is 6.58 Å². The zero-order valence-corrected chi connectivity index (χ0v) is 14.1. The Morgan fingerprint density at radius 3 is 2.67 bits per heavy atom. The van der Waals surface area contributed by atoms with Gasteiger partial charge in [0.25, 0.3) is 0 Å². The van der Waals surface area contributed by atoms with Crippen molar-refractivity contribution < 1.29 is 8.42 Å². The standard InChI is InChI=1S/C14H26N4O2S/c1-6-8-15-10-13-14(12(5)16-17-13)21(19,20)18(9-7-2)11(3)4/h7,11,15H,2,6,8-10H2,1,3-5H3,(H,16,17). The number of aromatic nitrogens is 2. The van der Waals surface area contributed by atoms with Crippen LogP contribution in [0.2, 0.25) is 0 Å². The molecule has 0 aliphatic rings. The van der Waals surface area contributed by atoms with Gasteiger partial charge in [-0.2, -0.15) is 9.40 Å². The predicted molar refractivity (Wildman–Crippen MR) is 84.5 cm³/mol. The average Bonchev–Trinajstić information content (AvgIpc) is 2.77. The molecule has 0 aliphatic carbocycles. The quantitative estimate of drug-likeness (QED) is 0.538. The Morgan fingerprint density at radius 2 is 2.14 bits per heavy atom. The summed E-state index contributed by atoms with van der Waals surface area (Å²) in [7, 11) is -3.59. The second-order valence-electron chi connectivity index (χ2n) is 5.26. The number of nitrogens with one attached hydrogen (secondary N) is 2. The van der Waals surface area contributed by atoms with Gasteiger partial charge in [0.05, 0.1) is 11.4 Å². The van der Waals surface area contributed by atoms with E-state index in [1.165, 1.54) is 4.31 Å². The van der Waals surface area contributed by atoms with Gasteiger partial charge >= 0.3 is 0 Å². The summed E-state index contributed by atoms with van der Waals surface area (Å²) in [5, 5.41) is 10.1. The first-order chi connectivity index (χ1) is 9.86. The van der Waals surface area contributed by atoms with E-state index >= 15 is 0 Å². The van der Waals surface area contributed by atoms with Gasteiger partial charge in [0.15, 0.2) is 0 Å². The molecule has 0 bridgehead atoms. The maximum Gasteiger partial charge on any atom is 0.247 e. The van der Waals surface area contributed by atoms with Crippen molar-refractivity contribution in [2.75, 3.05) is 13.1 Å². The van der Waals surface area contributed by atoms with E-state index in [0.717, 1.165) is 13.0 Å². The van der Waals surface area contributed by atoms with Gasteiger partial charge in [-0.05, 0) is 33.7 Å². The van der Waals surface area contributed by atoms with E-state index < -0.39 is 10.0 Å². The lowest BCUT2D eigenvalue weighted by atomic mass is 10.3.